The third-order valence-corrected chi connectivity index (χ3v) is 7.42. The van der Waals surface area contributed by atoms with Gasteiger partial charge in [-0.2, -0.15) is 4.31 Å². The summed E-state index contributed by atoms with van der Waals surface area (Å²) in [6.07, 6.45) is 6.49. The average molecular weight is 372 g/mol. The van der Waals surface area contributed by atoms with Crippen LogP contribution < -0.4 is 4.90 Å². The van der Waals surface area contributed by atoms with Crippen LogP contribution in [0.3, 0.4) is 0 Å². The van der Waals surface area contributed by atoms with Gasteiger partial charge in [-0.1, -0.05) is 17.7 Å². The first-order valence-corrected chi connectivity index (χ1v) is 10.5. The van der Waals surface area contributed by atoms with E-state index in [1.807, 2.05) is 25.1 Å². The molecule has 1 spiro atoms. The minimum Gasteiger partial charge on any atom is -0.340 e. The van der Waals surface area contributed by atoms with Gasteiger partial charge in [0.2, 0.25) is 16.0 Å². The Morgan fingerprint density at radius 1 is 1.00 bits per heavy atom. The van der Waals surface area contributed by atoms with Crippen molar-refractivity contribution in [1.29, 1.82) is 0 Å². The molecule has 0 aliphatic carbocycles. The van der Waals surface area contributed by atoms with Crippen molar-refractivity contribution in [3.8, 4) is 0 Å². The molecule has 2 aromatic rings. The zero-order chi connectivity index (χ0) is 18.2. The number of hydrogen-bond acceptors (Lipinski definition) is 5. The molecule has 0 amide bonds. The molecule has 7 heteroatoms. The summed E-state index contributed by atoms with van der Waals surface area (Å²) in [6, 6.07) is 8.94. The molecule has 0 saturated carbocycles. The average Bonchev–Trinajstić information content (AvgIpc) is 3.07. The van der Waals surface area contributed by atoms with Crippen LogP contribution in [0.4, 0.5) is 5.95 Å². The summed E-state index contributed by atoms with van der Waals surface area (Å²) in [4.78, 5) is 11.3. The van der Waals surface area contributed by atoms with E-state index < -0.39 is 10.0 Å². The molecule has 2 saturated heterocycles. The van der Waals surface area contributed by atoms with E-state index in [9.17, 15) is 8.42 Å². The highest BCUT2D eigenvalue weighted by Gasteiger charge is 2.45. The van der Waals surface area contributed by atoms with Crippen molar-refractivity contribution in [1.82, 2.24) is 14.3 Å². The van der Waals surface area contributed by atoms with Gasteiger partial charge in [0.05, 0.1) is 4.90 Å². The fourth-order valence-corrected chi connectivity index (χ4v) is 5.68. The number of nitrogens with zero attached hydrogens (tertiary/aromatic N) is 4. The molecule has 1 aromatic carbocycles. The number of anilines is 1. The van der Waals surface area contributed by atoms with E-state index in [-0.39, 0.29) is 5.41 Å². The monoisotopic (exact) mass is 372 g/mol. The summed E-state index contributed by atoms with van der Waals surface area (Å²) in [5.41, 5.74) is 1.06. The normalized spacial score (nSPS) is 24.3. The zero-order valence-electron chi connectivity index (χ0n) is 15.0. The van der Waals surface area contributed by atoms with Crippen LogP contribution in [-0.2, 0) is 10.0 Å². The lowest BCUT2D eigenvalue weighted by molar-refractivity contribution is 0.246. The van der Waals surface area contributed by atoms with Crippen molar-refractivity contribution in [3.63, 3.8) is 0 Å². The maximum Gasteiger partial charge on any atom is 0.243 e. The van der Waals surface area contributed by atoms with Gasteiger partial charge in [0, 0.05) is 44.0 Å². The highest BCUT2D eigenvalue weighted by molar-refractivity contribution is 7.89. The lowest BCUT2D eigenvalue weighted by atomic mass is 9.79. The van der Waals surface area contributed by atoms with Crippen LogP contribution in [0.2, 0.25) is 0 Å². The second-order valence-corrected chi connectivity index (χ2v) is 9.41. The maximum atomic E-state index is 13.0. The van der Waals surface area contributed by atoms with Gasteiger partial charge < -0.3 is 4.90 Å². The number of benzene rings is 1. The van der Waals surface area contributed by atoms with Crippen molar-refractivity contribution in [2.45, 2.75) is 31.1 Å². The molecule has 0 N–H and O–H groups in total. The maximum absolute atomic E-state index is 13.0. The third kappa shape index (κ3) is 3.21. The van der Waals surface area contributed by atoms with Gasteiger partial charge in [0.15, 0.2) is 0 Å². The first kappa shape index (κ1) is 17.4. The highest BCUT2D eigenvalue weighted by atomic mass is 32.2. The number of sulfonamides is 1. The Bertz CT molecular complexity index is 870. The van der Waals surface area contributed by atoms with Crippen molar-refractivity contribution in [3.05, 3.63) is 48.3 Å². The molecule has 6 nitrogen and oxygen atoms in total. The van der Waals surface area contributed by atoms with E-state index in [1.54, 1.807) is 28.8 Å². The lowest BCUT2D eigenvalue weighted by Crippen LogP contribution is -2.46. The van der Waals surface area contributed by atoms with Crippen molar-refractivity contribution in [2.75, 3.05) is 31.1 Å². The molecule has 3 heterocycles. The quantitative estimate of drug-likeness (QED) is 0.828. The van der Waals surface area contributed by atoms with Crippen LogP contribution in [-0.4, -0.2) is 48.9 Å². The highest BCUT2D eigenvalue weighted by Crippen LogP contribution is 2.41. The molecule has 2 aliphatic rings. The number of rotatable bonds is 3. The van der Waals surface area contributed by atoms with Crippen molar-refractivity contribution < 1.29 is 8.42 Å². The Morgan fingerprint density at radius 3 is 2.46 bits per heavy atom. The van der Waals surface area contributed by atoms with Gasteiger partial charge in [0.1, 0.15) is 0 Å². The second-order valence-electron chi connectivity index (χ2n) is 7.48. The van der Waals surface area contributed by atoms with Gasteiger partial charge >= 0.3 is 0 Å². The Labute approximate surface area is 154 Å². The molecule has 138 valence electrons. The summed E-state index contributed by atoms with van der Waals surface area (Å²) >= 11 is 0. The Morgan fingerprint density at radius 2 is 1.73 bits per heavy atom. The van der Waals surface area contributed by atoms with Crippen LogP contribution >= 0.6 is 0 Å². The van der Waals surface area contributed by atoms with E-state index >= 15 is 0 Å². The van der Waals surface area contributed by atoms with Gasteiger partial charge in [-0.05, 0) is 44.4 Å². The zero-order valence-corrected chi connectivity index (χ0v) is 15.8. The SMILES string of the molecule is Cc1ccc(S(=O)(=O)N2CC[C@]3(CCCN(c4ncccn4)C3)C2)cc1. The van der Waals surface area contributed by atoms with Crippen LogP contribution in [0, 0.1) is 12.3 Å². The number of aromatic nitrogens is 2. The molecule has 26 heavy (non-hydrogen) atoms. The van der Waals surface area contributed by atoms with Gasteiger partial charge in [-0.3, -0.25) is 0 Å². The molecular formula is C19H24N4O2S. The molecular weight excluding hydrogens is 348 g/mol. The molecule has 0 bridgehead atoms. The van der Waals surface area contributed by atoms with Crippen LogP contribution in [0.15, 0.2) is 47.6 Å². The smallest absolute Gasteiger partial charge is 0.243 e. The first-order valence-electron chi connectivity index (χ1n) is 9.07. The fraction of sp³-hybridized carbons (Fsp3) is 0.474. The van der Waals surface area contributed by atoms with Crippen molar-refractivity contribution in [2.24, 2.45) is 5.41 Å². The Balaban J connectivity index is 1.53. The molecule has 4 rings (SSSR count). The summed E-state index contributed by atoms with van der Waals surface area (Å²) < 4.78 is 27.7. The molecule has 2 aliphatic heterocycles. The Kier molecular flexibility index (Phi) is 4.44. The number of aryl methyl sites for hydroxylation is 1. The molecule has 1 atom stereocenters. The first-order chi connectivity index (χ1) is 12.5. The standard InChI is InChI=1S/C19H24N4O2S/c1-16-4-6-17(7-5-16)26(24,25)23-13-9-19(15-23)8-2-12-22(14-19)18-20-10-3-11-21-18/h3-7,10-11H,2,8-9,12-15H2,1H3/t19-/m0/s1. The van der Waals surface area contributed by atoms with E-state index in [0.29, 0.717) is 18.0 Å². The molecule has 1 aromatic heterocycles. The topological polar surface area (TPSA) is 66.4 Å². The predicted molar refractivity (Wildman–Crippen MR) is 100 cm³/mol. The fourth-order valence-electron chi connectivity index (χ4n) is 4.12. The summed E-state index contributed by atoms with van der Waals surface area (Å²) in [6.45, 7) is 4.86. The third-order valence-electron chi connectivity index (χ3n) is 5.56. The summed E-state index contributed by atoms with van der Waals surface area (Å²) in [5, 5.41) is 0. The van der Waals surface area contributed by atoms with E-state index in [4.69, 9.17) is 0 Å². The molecule has 0 radical (unpaired) electrons. The molecule has 2 fully saturated rings. The van der Waals surface area contributed by atoms with Crippen LogP contribution in [0.5, 0.6) is 0 Å². The van der Waals surface area contributed by atoms with Crippen molar-refractivity contribution >= 4 is 16.0 Å². The van der Waals surface area contributed by atoms with Gasteiger partial charge in [-0.25, -0.2) is 18.4 Å². The van der Waals surface area contributed by atoms with Crippen LogP contribution in [0.25, 0.3) is 0 Å². The van der Waals surface area contributed by atoms with Gasteiger partial charge in [-0.15, -0.1) is 0 Å². The summed E-state index contributed by atoms with van der Waals surface area (Å²) in [7, 11) is -3.43. The predicted octanol–water partition coefficient (Wildman–Crippen LogP) is 2.47. The number of hydrogen-bond donors (Lipinski definition) is 0. The van der Waals surface area contributed by atoms with E-state index in [2.05, 4.69) is 14.9 Å². The minimum absolute atomic E-state index is 0.00474. The number of piperidine rings is 1. The molecule has 0 unspecified atom stereocenters. The van der Waals surface area contributed by atoms with Gasteiger partial charge in [0.25, 0.3) is 0 Å². The van der Waals surface area contributed by atoms with Crippen LogP contribution in [0.1, 0.15) is 24.8 Å². The minimum atomic E-state index is -3.43. The second kappa shape index (κ2) is 6.63. The lowest BCUT2D eigenvalue weighted by Gasteiger charge is -2.40. The van der Waals surface area contributed by atoms with E-state index in [1.165, 1.54) is 0 Å². The Hall–Kier alpha value is -1.99. The van der Waals surface area contributed by atoms with E-state index in [0.717, 1.165) is 43.9 Å². The largest absolute Gasteiger partial charge is 0.340 e. The summed E-state index contributed by atoms with van der Waals surface area (Å²) in [5.74, 6) is 0.742.